The molecule has 3 nitrogen and oxygen atoms in total. The van der Waals surface area contributed by atoms with Gasteiger partial charge in [0.25, 0.3) is 0 Å². The molecular formula is C10H9F3N2O. The van der Waals surface area contributed by atoms with E-state index in [4.69, 9.17) is 0 Å². The number of rotatable bonds is 1. The van der Waals surface area contributed by atoms with E-state index in [1.807, 2.05) is 0 Å². The second-order valence-electron chi connectivity index (χ2n) is 3.52. The molecule has 6 heteroatoms. The first-order valence-electron chi connectivity index (χ1n) is 4.62. The van der Waals surface area contributed by atoms with Crippen molar-refractivity contribution < 1.29 is 18.3 Å². The van der Waals surface area contributed by atoms with Gasteiger partial charge in [0.1, 0.15) is 5.65 Å². The van der Waals surface area contributed by atoms with Crippen LogP contribution in [0.3, 0.4) is 0 Å². The molecule has 86 valence electrons. The Balaban J connectivity index is 2.54. The largest absolute Gasteiger partial charge is 0.417 e. The molecule has 0 aliphatic heterocycles. The Hall–Kier alpha value is -1.56. The Morgan fingerprint density at radius 3 is 2.56 bits per heavy atom. The molecule has 2 aromatic heterocycles. The van der Waals surface area contributed by atoms with Crippen molar-refractivity contribution in [3.05, 3.63) is 35.8 Å². The Bertz CT molecular complexity index is 516. The maximum Gasteiger partial charge on any atom is 0.417 e. The Labute approximate surface area is 89.2 Å². The third-order valence-electron chi connectivity index (χ3n) is 2.23. The maximum atomic E-state index is 12.4. The fraction of sp³-hybridized carbons (Fsp3) is 0.300. The van der Waals surface area contributed by atoms with E-state index in [0.29, 0.717) is 11.3 Å². The van der Waals surface area contributed by atoms with Crippen molar-refractivity contribution >= 4 is 5.65 Å². The van der Waals surface area contributed by atoms with Crippen LogP contribution in [0.4, 0.5) is 13.2 Å². The Morgan fingerprint density at radius 2 is 2.00 bits per heavy atom. The summed E-state index contributed by atoms with van der Waals surface area (Å²) in [7, 11) is 0. The zero-order chi connectivity index (χ0) is 11.9. The quantitative estimate of drug-likeness (QED) is 0.816. The van der Waals surface area contributed by atoms with Crippen molar-refractivity contribution in [1.29, 1.82) is 0 Å². The van der Waals surface area contributed by atoms with Crippen LogP contribution in [-0.2, 0) is 6.18 Å². The number of fused-ring (bicyclic) bond motifs is 1. The molecule has 0 saturated heterocycles. The van der Waals surface area contributed by atoms with E-state index in [9.17, 15) is 18.3 Å². The van der Waals surface area contributed by atoms with Gasteiger partial charge in [0.2, 0.25) is 0 Å². The minimum atomic E-state index is -4.37. The molecule has 2 heterocycles. The van der Waals surface area contributed by atoms with Crippen LogP contribution in [0.1, 0.15) is 24.3 Å². The van der Waals surface area contributed by atoms with Crippen LogP contribution in [0.5, 0.6) is 0 Å². The predicted octanol–water partition coefficient (Wildman–Crippen LogP) is 2.41. The highest BCUT2D eigenvalue weighted by atomic mass is 19.4. The number of nitrogens with zero attached hydrogens (tertiary/aromatic N) is 2. The van der Waals surface area contributed by atoms with Crippen LogP contribution in [0, 0.1) is 0 Å². The highest BCUT2D eigenvalue weighted by molar-refractivity contribution is 5.42. The van der Waals surface area contributed by atoms with Crippen molar-refractivity contribution in [3.8, 4) is 0 Å². The molecule has 0 aliphatic carbocycles. The van der Waals surface area contributed by atoms with Crippen molar-refractivity contribution in [1.82, 2.24) is 9.38 Å². The molecule has 1 N–H and O–H groups in total. The second kappa shape index (κ2) is 3.48. The number of imidazole rings is 1. The maximum absolute atomic E-state index is 12.4. The zero-order valence-corrected chi connectivity index (χ0v) is 8.36. The Kier molecular flexibility index (Phi) is 2.38. The standard InChI is InChI=1S/C10H9F3N2O/c1-6(16)8-5-15-4-7(10(11,12)13)2-3-9(15)14-8/h2-6,16H,1H3. The average Bonchev–Trinajstić information content (AvgIpc) is 2.58. The molecule has 2 rings (SSSR count). The van der Waals surface area contributed by atoms with Gasteiger partial charge in [0.05, 0.1) is 17.4 Å². The van der Waals surface area contributed by atoms with Crippen molar-refractivity contribution in [2.24, 2.45) is 0 Å². The van der Waals surface area contributed by atoms with Gasteiger partial charge in [-0.3, -0.25) is 0 Å². The lowest BCUT2D eigenvalue weighted by molar-refractivity contribution is -0.137. The van der Waals surface area contributed by atoms with Crippen LogP contribution < -0.4 is 0 Å². The highest BCUT2D eigenvalue weighted by Gasteiger charge is 2.30. The molecule has 0 aliphatic rings. The lowest BCUT2D eigenvalue weighted by Crippen LogP contribution is -2.05. The summed E-state index contributed by atoms with van der Waals surface area (Å²) in [6, 6.07) is 2.24. The topological polar surface area (TPSA) is 37.5 Å². The van der Waals surface area contributed by atoms with E-state index in [-0.39, 0.29) is 0 Å². The lowest BCUT2D eigenvalue weighted by Gasteiger charge is -2.05. The molecule has 0 radical (unpaired) electrons. The van der Waals surface area contributed by atoms with Gasteiger partial charge in [-0.1, -0.05) is 0 Å². The molecular weight excluding hydrogens is 221 g/mol. The van der Waals surface area contributed by atoms with Gasteiger partial charge in [-0.2, -0.15) is 13.2 Å². The van der Waals surface area contributed by atoms with E-state index in [2.05, 4.69) is 4.98 Å². The summed E-state index contributed by atoms with van der Waals surface area (Å²) in [5.41, 5.74) is -0.0160. The summed E-state index contributed by atoms with van der Waals surface area (Å²) in [6.45, 7) is 1.51. The van der Waals surface area contributed by atoms with Gasteiger partial charge in [0.15, 0.2) is 0 Å². The fourth-order valence-electron chi connectivity index (χ4n) is 1.38. The summed E-state index contributed by atoms with van der Waals surface area (Å²) in [5.74, 6) is 0. The summed E-state index contributed by atoms with van der Waals surface area (Å²) in [6.07, 6.45) is -2.83. The number of aliphatic hydroxyl groups is 1. The molecule has 0 amide bonds. The average molecular weight is 230 g/mol. The predicted molar refractivity (Wildman–Crippen MR) is 50.8 cm³/mol. The third kappa shape index (κ3) is 1.88. The minimum absolute atomic E-state index is 0.347. The molecule has 2 aromatic rings. The van der Waals surface area contributed by atoms with Crippen LogP contribution in [-0.4, -0.2) is 14.5 Å². The van der Waals surface area contributed by atoms with E-state index < -0.39 is 17.8 Å². The van der Waals surface area contributed by atoms with Crippen LogP contribution in [0.15, 0.2) is 24.5 Å². The summed E-state index contributed by atoms with van der Waals surface area (Å²) in [4.78, 5) is 3.98. The molecule has 0 aromatic carbocycles. The number of aliphatic hydroxyl groups excluding tert-OH is 1. The number of aromatic nitrogens is 2. The number of halogens is 3. The van der Waals surface area contributed by atoms with Crippen LogP contribution >= 0.6 is 0 Å². The van der Waals surface area contributed by atoms with Gasteiger partial charge in [-0.25, -0.2) is 4.98 Å². The molecule has 0 bridgehead atoms. The van der Waals surface area contributed by atoms with E-state index in [0.717, 1.165) is 12.3 Å². The number of alkyl halides is 3. The van der Waals surface area contributed by atoms with Gasteiger partial charge in [-0.15, -0.1) is 0 Å². The summed E-state index contributed by atoms with van der Waals surface area (Å²) >= 11 is 0. The first-order valence-corrected chi connectivity index (χ1v) is 4.62. The number of hydrogen-bond acceptors (Lipinski definition) is 2. The third-order valence-corrected chi connectivity index (χ3v) is 2.23. The van der Waals surface area contributed by atoms with Gasteiger partial charge in [-0.05, 0) is 19.1 Å². The van der Waals surface area contributed by atoms with E-state index >= 15 is 0 Å². The van der Waals surface area contributed by atoms with Crippen molar-refractivity contribution in [2.45, 2.75) is 19.2 Å². The molecule has 0 saturated carbocycles. The summed E-state index contributed by atoms with van der Waals surface area (Å²) in [5, 5.41) is 9.26. The minimum Gasteiger partial charge on any atom is -0.387 e. The smallest absolute Gasteiger partial charge is 0.387 e. The first kappa shape index (κ1) is 10.9. The SMILES string of the molecule is CC(O)c1cn2cc(C(F)(F)F)ccc2n1. The molecule has 0 spiro atoms. The monoisotopic (exact) mass is 230 g/mol. The number of pyridine rings is 1. The second-order valence-corrected chi connectivity index (χ2v) is 3.52. The molecule has 0 fully saturated rings. The Morgan fingerprint density at radius 1 is 1.31 bits per heavy atom. The lowest BCUT2D eigenvalue weighted by atomic mass is 10.3. The van der Waals surface area contributed by atoms with E-state index in [1.54, 1.807) is 0 Å². The molecule has 1 unspecified atom stereocenters. The molecule has 1 atom stereocenters. The normalized spacial score (nSPS) is 14.3. The van der Waals surface area contributed by atoms with E-state index in [1.165, 1.54) is 23.6 Å². The van der Waals surface area contributed by atoms with Crippen molar-refractivity contribution in [2.75, 3.05) is 0 Å². The summed E-state index contributed by atoms with van der Waals surface area (Å²) < 4.78 is 38.4. The fourth-order valence-corrected chi connectivity index (χ4v) is 1.38. The van der Waals surface area contributed by atoms with Gasteiger partial charge in [0, 0.05) is 12.4 Å². The zero-order valence-electron chi connectivity index (χ0n) is 8.36. The van der Waals surface area contributed by atoms with Gasteiger partial charge < -0.3 is 9.51 Å². The van der Waals surface area contributed by atoms with Crippen molar-refractivity contribution in [3.63, 3.8) is 0 Å². The molecule has 16 heavy (non-hydrogen) atoms. The van der Waals surface area contributed by atoms with Gasteiger partial charge >= 0.3 is 6.18 Å². The first-order chi connectivity index (χ1) is 7.38. The van der Waals surface area contributed by atoms with Crippen LogP contribution in [0.2, 0.25) is 0 Å². The number of hydrogen-bond donors (Lipinski definition) is 1. The van der Waals surface area contributed by atoms with Crippen LogP contribution in [0.25, 0.3) is 5.65 Å². The highest BCUT2D eigenvalue weighted by Crippen LogP contribution is 2.29.